The lowest BCUT2D eigenvalue weighted by Crippen LogP contribution is -2.38. The van der Waals surface area contributed by atoms with Crippen LogP contribution in [0.3, 0.4) is 0 Å². The molecular formula is C21H30N2O3. The van der Waals surface area contributed by atoms with E-state index in [-0.39, 0.29) is 6.61 Å². The molecule has 2 rings (SSSR count). The van der Waals surface area contributed by atoms with E-state index in [1.54, 1.807) is 7.11 Å². The molecule has 0 bridgehead atoms. The van der Waals surface area contributed by atoms with Gasteiger partial charge in [-0.2, -0.15) is 0 Å². The van der Waals surface area contributed by atoms with Gasteiger partial charge in [-0.3, -0.25) is 4.90 Å². The number of aryl methyl sites for hydroxylation is 2. The molecule has 26 heavy (non-hydrogen) atoms. The van der Waals surface area contributed by atoms with E-state index in [0.29, 0.717) is 13.2 Å². The van der Waals surface area contributed by atoms with Crippen LogP contribution in [0.4, 0.5) is 0 Å². The highest BCUT2D eigenvalue weighted by Crippen LogP contribution is 2.21. The first kappa shape index (κ1) is 20.2. The molecule has 1 atom stereocenters. The van der Waals surface area contributed by atoms with Crippen LogP contribution in [-0.4, -0.2) is 49.6 Å². The maximum absolute atomic E-state index is 10.2. The molecule has 0 saturated heterocycles. The summed E-state index contributed by atoms with van der Waals surface area (Å²) < 4.78 is 11.2. The molecule has 0 aliphatic heterocycles. The summed E-state index contributed by atoms with van der Waals surface area (Å²) in [6.07, 6.45) is 1.20. The molecule has 0 saturated carbocycles. The largest absolute Gasteiger partial charge is 0.497 e. The lowest BCUT2D eigenvalue weighted by Gasteiger charge is -2.22. The van der Waals surface area contributed by atoms with Crippen LogP contribution in [0.25, 0.3) is 0 Å². The van der Waals surface area contributed by atoms with Gasteiger partial charge in [0.1, 0.15) is 24.2 Å². The number of aliphatic hydroxyl groups is 1. The van der Waals surface area contributed by atoms with E-state index in [2.05, 4.69) is 18.2 Å². The highest BCUT2D eigenvalue weighted by molar-refractivity contribution is 5.35. The van der Waals surface area contributed by atoms with E-state index in [9.17, 15) is 5.11 Å². The third-order valence-electron chi connectivity index (χ3n) is 4.40. The number of aliphatic hydroxyl groups excluding tert-OH is 1. The Bertz CT molecular complexity index is 659. The molecule has 2 aromatic carbocycles. The SMILES string of the molecule is CCN(CN)CC(O)COc1ccccc1CCc1cccc(OC)c1. The third kappa shape index (κ3) is 6.33. The molecule has 142 valence electrons. The monoisotopic (exact) mass is 358 g/mol. The van der Waals surface area contributed by atoms with Crippen molar-refractivity contribution < 1.29 is 14.6 Å². The Morgan fingerprint density at radius 1 is 1.12 bits per heavy atom. The highest BCUT2D eigenvalue weighted by atomic mass is 16.5. The second-order valence-electron chi connectivity index (χ2n) is 6.28. The van der Waals surface area contributed by atoms with Gasteiger partial charge < -0.3 is 20.3 Å². The molecule has 0 heterocycles. The van der Waals surface area contributed by atoms with E-state index < -0.39 is 6.10 Å². The standard InChI is InChI=1S/C21H30N2O3/c1-3-23(16-22)14-19(24)15-26-21-10-5-4-8-18(21)12-11-17-7-6-9-20(13-17)25-2/h4-10,13,19,24H,3,11-12,14-16,22H2,1-2H3. The van der Waals surface area contributed by atoms with Gasteiger partial charge in [-0.15, -0.1) is 0 Å². The average molecular weight is 358 g/mol. The van der Waals surface area contributed by atoms with E-state index in [1.807, 2.05) is 42.2 Å². The number of nitrogens with zero attached hydrogens (tertiary/aromatic N) is 1. The molecule has 0 spiro atoms. The van der Waals surface area contributed by atoms with Gasteiger partial charge in [-0.25, -0.2) is 0 Å². The Hall–Kier alpha value is -2.08. The maximum atomic E-state index is 10.2. The Balaban J connectivity index is 1.92. The summed E-state index contributed by atoms with van der Waals surface area (Å²) in [6, 6.07) is 16.1. The molecule has 0 aliphatic carbocycles. The van der Waals surface area contributed by atoms with E-state index in [0.717, 1.165) is 36.4 Å². The predicted molar refractivity (Wildman–Crippen MR) is 105 cm³/mol. The summed E-state index contributed by atoms with van der Waals surface area (Å²) in [6.45, 7) is 4.04. The zero-order valence-electron chi connectivity index (χ0n) is 15.7. The van der Waals surface area contributed by atoms with Crippen LogP contribution >= 0.6 is 0 Å². The minimum atomic E-state index is -0.565. The number of benzene rings is 2. The van der Waals surface area contributed by atoms with Crippen molar-refractivity contribution in [2.45, 2.75) is 25.9 Å². The van der Waals surface area contributed by atoms with Crippen LogP contribution in [0.15, 0.2) is 48.5 Å². The van der Waals surface area contributed by atoms with Crippen LogP contribution in [-0.2, 0) is 12.8 Å². The second kappa shape index (κ2) is 10.8. The molecule has 0 aliphatic rings. The van der Waals surface area contributed by atoms with Gasteiger partial charge in [0.25, 0.3) is 0 Å². The van der Waals surface area contributed by atoms with Crippen molar-refractivity contribution in [1.29, 1.82) is 0 Å². The molecule has 2 aromatic rings. The fourth-order valence-corrected chi connectivity index (χ4v) is 2.83. The number of hydrogen-bond acceptors (Lipinski definition) is 5. The minimum Gasteiger partial charge on any atom is -0.497 e. The van der Waals surface area contributed by atoms with Crippen molar-refractivity contribution in [2.24, 2.45) is 5.73 Å². The van der Waals surface area contributed by atoms with E-state index >= 15 is 0 Å². The number of nitrogens with two attached hydrogens (primary N) is 1. The molecule has 1 unspecified atom stereocenters. The number of methoxy groups -OCH3 is 1. The van der Waals surface area contributed by atoms with Gasteiger partial charge in [-0.1, -0.05) is 37.3 Å². The van der Waals surface area contributed by atoms with Gasteiger partial charge in [0, 0.05) is 13.2 Å². The highest BCUT2D eigenvalue weighted by Gasteiger charge is 2.11. The van der Waals surface area contributed by atoms with Gasteiger partial charge >= 0.3 is 0 Å². The lowest BCUT2D eigenvalue weighted by molar-refractivity contribution is 0.0704. The topological polar surface area (TPSA) is 68.0 Å². The Morgan fingerprint density at radius 3 is 2.65 bits per heavy atom. The number of ether oxygens (including phenoxy) is 2. The molecule has 0 radical (unpaired) electrons. The summed E-state index contributed by atoms with van der Waals surface area (Å²) in [5.41, 5.74) is 8.00. The summed E-state index contributed by atoms with van der Waals surface area (Å²) >= 11 is 0. The normalized spacial score (nSPS) is 12.2. The fourth-order valence-electron chi connectivity index (χ4n) is 2.83. The van der Waals surface area contributed by atoms with Gasteiger partial charge in [-0.05, 0) is 48.7 Å². The molecule has 0 aromatic heterocycles. The second-order valence-corrected chi connectivity index (χ2v) is 6.28. The quantitative estimate of drug-likeness (QED) is 0.604. The summed E-state index contributed by atoms with van der Waals surface area (Å²) in [5, 5.41) is 10.2. The lowest BCUT2D eigenvalue weighted by atomic mass is 10.0. The number of rotatable bonds is 11. The molecule has 5 nitrogen and oxygen atoms in total. The van der Waals surface area contributed by atoms with Crippen molar-refractivity contribution in [3.8, 4) is 11.5 Å². The first-order valence-electron chi connectivity index (χ1n) is 9.10. The fraction of sp³-hybridized carbons (Fsp3) is 0.429. The Kier molecular flexibility index (Phi) is 8.41. The van der Waals surface area contributed by atoms with Crippen LogP contribution in [0, 0.1) is 0 Å². The van der Waals surface area contributed by atoms with Crippen LogP contribution in [0.5, 0.6) is 11.5 Å². The van der Waals surface area contributed by atoms with Crippen LogP contribution < -0.4 is 15.2 Å². The Morgan fingerprint density at radius 2 is 1.92 bits per heavy atom. The van der Waals surface area contributed by atoms with Crippen LogP contribution in [0.1, 0.15) is 18.1 Å². The van der Waals surface area contributed by atoms with Crippen molar-refractivity contribution in [3.05, 3.63) is 59.7 Å². The van der Waals surface area contributed by atoms with E-state index in [4.69, 9.17) is 15.2 Å². The van der Waals surface area contributed by atoms with Gasteiger partial charge in [0.05, 0.1) is 7.11 Å². The zero-order valence-corrected chi connectivity index (χ0v) is 15.7. The zero-order chi connectivity index (χ0) is 18.8. The molecule has 5 heteroatoms. The summed E-state index contributed by atoms with van der Waals surface area (Å²) in [4.78, 5) is 1.97. The van der Waals surface area contributed by atoms with Crippen molar-refractivity contribution in [3.63, 3.8) is 0 Å². The van der Waals surface area contributed by atoms with Crippen molar-refractivity contribution in [1.82, 2.24) is 4.90 Å². The van der Waals surface area contributed by atoms with Gasteiger partial charge in [0.2, 0.25) is 0 Å². The first-order chi connectivity index (χ1) is 12.7. The number of likely N-dealkylation sites (N-methyl/N-ethyl adjacent to an activating group) is 1. The van der Waals surface area contributed by atoms with Crippen LogP contribution in [0.2, 0.25) is 0 Å². The molecule has 0 fully saturated rings. The average Bonchev–Trinajstić information content (AvgIpc) is 2.69. The predicted octanol–water partition coefficient (Wildman–Crippen LogP) is 2.46. The number of para-hydroxylation sites is 1. The molecule has 3 N–H and O–H groups in total. The summed E-state index contributed by atoms with van der Waals surface area (Å²) in [7, 11) is 1.68. The molecule has 0 amide bonds. The smallest absolute Gasteiger partial charge is 0.122 e. The third-order valence-corrected chi connectivity index (χ3v) is 4.40. The maximum Gasteiger partial charge on any atom is 0.122 e. The summed E-state index contributed by atoms with van der Waals surface area (Å²) in [5.74, 6) is 1.70. The van der Waals surface area contributed by atoms with Gasteiger partial charge in [0.15, 0.2) is 0 Å². The van der Waals surface area contributed by atoms with E-state index in [1.165, 1.54) is 5.56 Å². The first-order valence-corrected chi connectivity index (χ1v) is 9.10. The van der Waals surface area contributed by atoms with Crippen molar-refractivity contribution in [2.75, 3.05) is 33.5 Å². The minimum absolute atomic E-state index is 0.257. The van der Waals surface area contributed by atoms with Crippen molar-refractivity contribution >= 4 is 0 Å². The number of hydrogen-bond donors (Lipinski definition) is 2. The Labute approximate surface area is 156 Å². The molecular weight excluding hydrogens is 328 g/mol.